The van der Waals surface area contributed by atoms with Crippen LogP contribution < -0.4 is 11.1 Å². The van der Waals surface area contributed by atoms with Gasteiger partial charge in [0.25, 0.3) is 0 Å². The summed E-state index contributed by atoms with van der Waals surface area (Å²) in [5, 5.41) is 2.91. The minimum absolute atomic E-state index is 0.0252. The summed E-state index contributed by atoms with van der Waals surface area (Å²) in [6.45, 7) is 4.16. The van der Waals surface area contributed by atoms with E-state index in [2.05, 4.69) is 5.32 Å². The molecule has 1 saturated heterocycles. The quantitative estimate of drug-likeness (QED) is 0.644. The first kappa shape index (κ1) is 12.0. The number of nitrogens with two attached hydrogens (primary N) is 1. The van der Waals surface area contributed by atoms with Crippen molar-refractivity contribution in [3.8, 4) is 0 Å². The monoisotopic (exact) mass is 213 g/mol. The first-order valence-electron chi connectivity index (χ1n) is 5.45. The molecule has 0 saturated carbocycles. The Balaban J connectivity index is 2.42. The summed E-state index contributed by atoms with van der Waals surface area (Å²) in [6, 6.07) is -0.525. The molecule has 0 bridgehead atoms. The Kier molecular flexibility index (Phi) is 4.55. The number of likely N-dealkylation sites (tertiary alicyclic amines) is 1. The minimum Gasteiger partial charge on any atom is -0.368 e. The molecular formula is C10H19N3O2. The third-order valence-corrected chi connectivity index (χ3v) is 2.63. The van der Waals surface area contributed by atoms with Gasteiger partial charge in [-0.1, -0.05) is 6.92 Å². The molecule has 1 aliphatic heterocycles. The second-order valence-electron chi connectivity index (χ2n) is 3.80. The van der Waals surface area contributed by atoms with Gasteiger partial charge in [-0.15, -0.1) is 0 Å². The normalized spacial score (nSPS) is 17.8. The van der Waals surface area contributed by atoms with Crippen LogP contribution in [0.4, 0.5) is 0 Å². The SMILES string of the molecule is CCNC(CC(=O)N1CCCC1)C(N)=O. The highest BCUT2D eigenvalue weighted by Gasteiger charge is 2.23. The number of nitrogens with one attached hydrogen (secondary N) is 1. The van der Waals surface area contributed by atoms with Crippen LogP contribution in [0.25, 0.3) is 0 Å². The lowest BCUT2D eigenvalue weighted by Crippen LogP contribution is -2.45. The van der Waals surface area contributed by atoms with Crippen molar-refractivity contribution in [1.29, 1.82) is 0 Å². The molecule has 86 valence electrons. The van der Waals surface area contributed by atoms with Crippen molar-refractivity contribution in [1.82, 2.24) is 10.2 Å². The van der Waals surface area contributed by atoms with Gasteiger partial charge in [-0.2, -0.15) is 0 Å². The standard InChI is InChI=1S/C10H19N3O2/c1-2-12-8(10(11)15)7-9(14)13-5-3-4-6-13/h8,12H,2-7H2,1H3,(H2,11,15). The Morgan fingerprint density at radius 1 is 1.40 bits per heavy atom. The van der Waals surface area contributed by atoms with Crippen molar-refractivity contribution in [3.05, 3.63) is 0 Å². The van der Waals surface area contributed by atoms with Gasteiger partial charge < -0.3 is 16.0 Å². The van der Waals surface area contributed by atoms with Crippen molar-refractivity contribution in [2.75, 3.05) is 19.6 Å². The fourth-order valence-electron chi connectivity index (χ4n) is 1.79. The first-order valence-corrected chi connectivity index (χ1v) is 5.45. The van der Waals surface area contributed by atoms with E-state index in [4.69, 9.17) is 5.73 Å². The average molecular weight is 213 g/mol. The van der Waals surface area contributed by atoms with E-state index in [0.29, 0.717) is 6.54 Å². The van der Waals surface area contributed by atoms with Crippen LogP contribution in [-0.2, 0) is 9.59 Å². The number of nitrogens with zero attached hydrogens (tertiary/aromatic N) is 1. The number of likely N-dealkylation sites (N-methyl/N-ethyl adjacent to an activating group) is 1. The molecule has 3 N–H and O–H groups in total. The lowest BCUT2D eigenvalue weighted by molar-refractivity contribution is -0.133. The smallest absolute Gasteiger partial charge is 0.235 e. The van der Waals surface area contributed by atoms with E-state index in [1.165, 1.54) is 0 Å². The van der Waals surface area contributed by atoms with E-state index in [9.17, 15) is 9.59 Å². The lowest BCUT2D eigenvalue weighted by atomic mass is 10.2. The van der Waals surface area contributed by atoms with E-state index in [1.807, 2.05) is 6.92 Å². The summed E-state index contributed by atoms with van der Waals surface area (Å²) in [5.74, 6) is -0.429. The van der Waals surface area contributed by atoms with Crippen molar-refractivity contribution < 1.29 is 9.59 Å². The highest BCUT2D eigenvalue weighted by molar-refractivity contribution is 5.87. The molecule has 1 fully saturated rings. The van der Waals surface area contributed by atoms with Crippen molar-refractivity contribution in [3.63, 3.8) is 0 Å². The highest BCUT2D eigenvalue weighted by atomic mass is 16.2. The fraction of sp³-hybridized carbons (Fsp3) is 0.800. The largest absolute Gasteiger partial charge is 0.368 e. The Morgan fingerprint density at radius 2 is 2.00 bits per heavy atom. The third-order valence-electron chi connectivity index (χ3n) is 2.63. The molecule has 2 amide bonds. The van der Waals surface area contributed by atoms with Crippen molar-refractivity contribution >= 4 is 11.8 Å². The number of hydrogen-bond donors (Lipinski definition) is 2. The second-order valence-corrected chi connectivity index (χ2v) is 3.80. The van der Waals surface area contributed by atoms with Crippen LogP contribution in [0.3, 0.4) is 0 Å². The van der Waals surface area contributed by atoms with Crippen LogP contribution in [0, 0.1) is 0 Å². The van der Waals surface area contributed by atoms with Crippen LogP contribution in [0.1, 0.15) is 26.2 Å². The van der Waals surface area contributed by atoms with Gasteiger partial charge in [0.15, 0.2) is 0 Å². The van der Waals surface area contributed by atoms with Crippen LogP contribution >= 0.6 is 0 Å². The number of primary amides is 1. The summed E-state index contributed by atoms with van der Waals surface area (Å²) >= 11 is 0. The van der Waals surface area contributed by atoms with Crippen LogP contribution in [0.5, 0.6) is 0 Å². The van der Waals surface area contributed by atoms with Crippen LogP contribution in [-0.4, -0.2) is 42.4 Å². The second kappa shape index (κ2) is 5.70. The van der Waals surface area contributed by atoms with Gasteiger partial charge in [0.1, 0.15) is 0 Å². The summed E-state index contributed by atoms with van der Waals surface area (Å²) in [6.07, 6.45) is 2.31. The Hall–Kier alpha value is -1.10. The molecule has 1 heterocycles. The molecule has 0 aliphatic carbocycles. The zero-order valence-corrected chi connectivity index (χ0v) is 9.16. The zero-order chi connectivity index (χ0) is 11.3. The molecule has 1 rings (SSSR count). The molecule has 1 unspecified atom stereocenters. The van der Waals surface area contributed by atoms with E-state index in [0.717, 1.165) is 25.9 Å². The number of amides is 2. The Bertz CT molecular complexity index is 237. The Morgan fingerprint density at radius 3 is 2.47 bits per heavy atom. The van der Waals surface area contributed by atoms with Gasteiger partial charge >= 0.3 is 0 Å². The maximum absolute atomic E-state index is 11.7. The molecule has 5 nitrogen and oxygen atoms in total. The summed E-state index contributed by atoms with van der Waals surface area (Å²) in [5.41, 5.74) is 5.20. The topological polar surface area (TPSA) is 75.4 Å². The molecule has 15 heavy (non-hydrogen) atoms. The summed E-state index contributed by atoms with van der Waals surface area (Å²) in [7, 11) is 0. The fourth-order valence-corrected chi connectivity index (χ4v) is 1.79. The van der Waals surface area contributed by atoms with E-state index in [-0.39, 0.29) is 12.3 Å². The first-order chi connectivity index (χ1) is 7.15. The molecule has 0 radical (unpaired) electrons. The van der Waals surface area contributed by atoms with E-state index < -0.39 is 11.9 Å². The molecule has 1 aliphatic rings. The maximum Gasteiger partial charge on any atom is 0.235 e. The number of rotatable bonds is 5. The number of carbonyl (C=O) groups is 2. The van der Waals surface area contributed by atoms with Gasteiger partial charge in [-0.25, -0.2) is 0 Å². The van der Waals surface area contributed by atoms with Gasteiger partial charge in [0.05, 0.1) is 12.5 Å². The Labute approximate surface area is 90.0 Å². The molecule has 5 heteroatoms. The van der Waals surface area contributed by atoms with Gasteiger partial charge in [-0.3, -0.25) is 9.59 Å². The van der Waals surface area contributed by atoms with Crippen LogP contribution in [0.2, 0.25) is 0 Å². The zero-order valence-electron chi connectivity index (χ0n) is 9.16. The molecular weight excluding hydrogens is 194 g/mol. The molecule has 0 aromatic rings. The van der Waals surface area contributed by atoms with Crippen LogP contribution in [0.15, 0.2) is 0 Å². The lowest BCUT2D eigenvalue weighted by Gasteiger charge is -2.19. The van der Waals surface area contributed by atoms with Gasteiger partial charge in [0, 0.05) is 13.1 Å². The highest BCUT2D eigenvalue weighted by Crippen LogP contribution is 2.09. The van der Waals surface area contributed by atoms with E-state index >= 15 is 0 Å². The van der Waals surface area contributed by atoms with Gasteiger partial charge in [0.2, 0.25) is 11.8 Å². The predicted octanol–water partition coefficient (Wildman–Crippen LogP) is -0.538. The summed E-state index contributed by atoms with van der Waals surface area (Å²) < 4.78 is 0. The van der Waals surface area contributed by atoms with Crippen molar-refractivity contribution in [2.24, 2.45) is 5.73 Å². The molecule has 0 aromatic heterocycles. The van der Waals surface area contributed by atoms with Gasteiger partial charge in [-0.05, 0) is 19.4 Å². The molecule has 0 spiro atoms. The minimum atomic E-state index is -0.525. The van der Waals surface area contributed by atoms with E-state index in [1.54, 1.807) is 4.90 Å². The number of hydrogen-bond acceptors (Lipinski definition) is 3. The maximum atomic E-state index is 11.7. The molecule has 0 aromatic carbocycles. The van der Waals surface area contributed by atoms with Crippen molar-refractivity contribution in [2.45, 2.75) is 32.2 Å². The molecule has 1 atom stereocenters. The summed E-state index contributed by atoms with van der Waals surface area (Å²) in [4.78, 5) is 24.5. The average Bonchev–Trinajstić information content (AvgIpc) is 2.69. The predicted molar refractivity (Wildman–Crippen MR) is 57.1 cm³/mol. The third kappa shape index (κ3) is 3.51. The number of carbonyl (C=O) groups excluding carboxylic acids is 2.